The number of methoxy groups -OCH3 is 1. The Morgan fingerprint density at radius 3 is 2.65 bits per heavy atom. The highest BCUT2D eigenvalue weighted by molar-refractivity contribution is 5.73. The van der Waals surface area contributed by atoms with E-state index < -0.39 is 36.7 Å². The third-order valence-corrected chi connectivity index (χ3v) is 4.05. The molecule has 1 aromatic carbocycles. The first kappa shape index (κ1) is 20.2. The minimum atomic E-state index is -1.27. The molecule has 1 heterocycles. The van der Waals surface area contributed by atoms with Gasteiger partial charge in [-0.2, -0.15) is 5.01 Å². The zero-order chi connectivity index (χ0) is 19.1. The Bertz CT molecular complexity index is 588. The summed E-state index contributed by atoms with van der Waals surface area (Å²) in [7, 11) is 2.57. The summed E-state index contributed by atoms with van der Waals surface area (Å²) in [5.74, 6) is 0. The van der Waals surface area contributed by atoms with Gasteiger partial charge in [-0.3, -0.25) is 0 Å². The first-order valence-corrected chi connectivity index (χ1v) is 8.02. The van der Waals surface area contributed by atoms with E-state index in [-0.39, 0.29) is 13.2 Å². The number of ether oxygens (including phenoxy) is 3. The average molecular weight is 369 g/mol. The van der Waals surface area contributed by atoms with Gasteiger partial charge in [0.25, 0.3) is 0 Å². The van der Waals surface area contributed by atoms with Crippen molar-refractivity contribution in [2.45, 2.75) is 37.3 Å². The van der Waals surface area contributed by atoms with E-state index in [0.717, 1.165) is 5.56 Å². The monoisotopic (exact) mass is 369 g/mol. The van der Waals surface area contributed by atoms with Gasteiger partial charge >= 0.3 is 6.03 Å². The molecule has 1 saturated heterocycles. The van der Waals surface area contributed by atoms with Crippen LogP contribution in [0.15, 0.2) is 35.6 Å². The van der Waals surface area contributed by atoms with Crippen LogP contribution in [0.3, 0.4) is 0 Å². The molecule has 3 N–H and O–H groups in total. The lowest BCUT2D eigenvalue weighted by Gasteiger charge is -2.24. The van der Waals surface area contributed by atoms with E-state index in [1.807, 2.05) is 30.3 Å². The van der Waals surface area contributed by atoms with Gasteiger partial charge in [-0.15, -0.1) is 4.91 Å². The van der Waals surface area contributed by atoms with E-state index in [0.29, 0.717) is 5.01 Å². The van der Waals surface area contributed by atoms with Crippen LogP contribution in [-0.4, -0.2) is 72.7 Å². The molecule has 1 aliphatic heterocycles. The highest BCUT2D eigenvalue weighted by Gasteiger charge is 2.47. The van der Waals surface area contributed by atoms with E-state index in [2.05, 4.69) is 10.6 Å². The van der Waals surface area contributed by atoms with Gasteiger partial charge in [0.2, 0.25) is 0 Å². The number of amides is 2. The van der Waals surface area contributed by atoms with Crippen molar-refractivity contribution in [1.82, 2.24) is 10.3 Å². The second-order valence-corrected chi connectivity index (χ2v) is 5.81. The second kappa shape index (κ2) is 9.55. The van der Waals surface area contributed by atoms with Gasteiger partial charge < -0.3 is 29.7 Å². The number of nitrogens with zero attached hydrogens (tertiary/aromatic N) is 2. The SMILES string of the molecule is CO[C@H](CNC(=O)N(C)N=O)[C@H]1OC(OCc2ccccc2)[C@H](O)[C@H]1O. The van der Waals surface area contributed by atoms with Crippen molar-refractivity contribution in [2.24, 2.45) is 5.29 Å². The molecule has 10 nitrogen and oxygen atoms in total. The number of aliphatic hydroxyl groups is 2. The lowest BCUT2D eigenvalue weighted by atomic mass is 10.1. The predicted octanol–water partition coefficient (Wildman–Crippen LogP) is -0.0123. The standard InChI is InChI=1S/C16H23N3O7/c1-19(18-23)16(22)17-8-11(24-2)14-12(20)13(21)15(26-14)25-9-10-6-4-3-5-7-10/h3-7,11-15,20-21H,8-9H2,1-2H3,(H,17,22)/t11-,12-,13-,14-,15?/m1/s1. The van der Waals surface area contributed by atoms with Crippen LogP contribution in [0.5, 0.6) is 0 Å². The maximum atomic E-state index is 11.6. The first-order valence-electron chi connectivity index (χ1n) is 8.02. The fourth-order valence-electron chi connectivity index (χ4n) is 2.54. The third-order valence-electron chi connectivity index (χ3n) is 4.05. The van der Waals surface area contributed by atoms with E-state index in [9.17, 15) is 19.9 Å². The summed E-state index contributed by atoms with van der Waals surface area (Å²) in [6, 6.07) is 8.58. The van der Waals surface area contributed by atoms with Gasteiger partial charge in [0, 0.05) is 20.7 Å². The molecule has 0 spiro atoms. The number of rotatable bonds is 8. The number of carbonyl (C=O) groups is 1. The highest BCUT2D eigenvalue weighted by atomic mass is 16.7. The minimum Gasteiger partial charge on any atom is -0.387 e. The number of hydrogen-bond donors (Lipinski definition) is 3. The van der Waals surface area contributed by atoms with Crippen LogP contribution in [0.4, 0.5) is 4.79 Å². The largest absolute Gasteiger partial charge is 0.387 e. The first-order chi connectivity index (χ1) is 12.5. The van der Waals surface area contributed by atoms with Gasteiger partial charge in [-0.05, 0) is 5.56 Å². The van der Waals surface area contributed by atoms with Crippen LogP contribution in [0.1, 0.15) is 5.56 Å². The van der Waals surface area contributed by atoms with Crippen LogP contribution in [-0.2, 0) is 20.8 Å². The minimum absolute atomic E-state index is 0.0605. The molecule has 2 amide bonds. The third kappa shape index (κ3) is 4.96. The van der Waals surface area contributed by atoms with E-state index >= 15 is 0 Å². The molecule has 1 aromatic rings. The number of hydrogen-bond acceptors (Lipinski definition) is 8. The smallest absolute Gasteiger partial charge is 0.340 e. The molecule has 1 fully saturated rings. The number of nitrogens with one attached hydrogen (secondary N) is 1. The van der Waals surface area contributed by atoms with Crippen LogP contribution in [0.2, 0.25) is 0 Å². The Kier molecular flexibility index (Phi) is 7.42. The molecule has 0 aliphatic carbocycles. The normalized spacial score (nSPS) is 26.3. The highest BCUT2D eigenvalue weighted by Crippen LogP contribution is 2.26. The van der Waals surface area contributed by atoms with Gasteiger partial charge in [0.05, 0.1) is 11.9 Å². The summed E-state index contributed by atoms with van der Waals surface area (Å²) in [5.41, 5.74) is 0.890. The molecule has 10 heteroatoms. The molecular weight excluding hydrogens is 346 g/mol. The van der Waals surface area contributed by atoms with Gasteiger partial charge in [0.15, 0.2) is 6.29 Å². The molecule has 2 rings (SSSR count). The van der Waals surface area contributed by atoms with Crippen molar-refractivity contribution in [2.75, 3.05) is 20.7 Å². The van der Waals surface area contributed by atoms with Crippen LogP contribution in [0, 0.1) is 4.91 Å². The van der Waals surface area contributed by atoms with Crippen LogP contribution in [0.25, 0.3) is 0 Å². The zero-order valence-corrected chi connectivity index (χ0v) is 14.5. The number of benzene rings is 1. The van der Waals surface area contributed by atoms with E-state index in [1.54, 1.807) is 0 Å². The number of carbonyl (C=O) groups excluding carboxylic acids is 1. The number of nitroso groups, excluding NO2 is 1. The van der Waals surface area contributed by atoms with Gasteiger partial charge in [0.1, 0.15) is 24.4 Å². The molecule has 0 aromatic heterocycles. The Morgan fingerprint density at radius 2 is 2.04 bits per heavy atom. The van der Waals surface area contributed by atoms with Crippen LogP contribution < -0.4 is 5.32 Å². The van der Waals surface area contributed by atoms with Crippen LogP contribution >= 0.6 is 0 Å². The maximum absolute atomic E-state index is 11.6. The predicted molar refractivity (Wildman–Crippen MR) is 89.7 cm³/mol. The maximum Gasteiger partial charge on any atom is 0.340 e. The number of urea groups is 1. The summed E-state index contributed by atoms with van der Waals surface area (Å²) in [6.07, 6.45) is -5.27. The average Bonchev–Trinajstić information content (AvgIpc) is 2.95. The summed E-state index contributed by atoms with van der Waals surface area (Å²) >= 11 is 0. The fourth-order valence-corrected chi connectivity index (χ4v) is 2.54. The summed E-state index contributed by atoms with van der Waals surface area (Å²) in [5, 5.41) is 25.8. The quantitative estimate of drug-likeness (QED) is 0.434. The van der Waals surface area contributed by atoms with E-state index in [1.165, 1.54) is 14.2 Å². The second-order valence-electron chi connectivity index (χ2n) is 5.81. The molecule has 0 bridgehead atoms. The molecule has 1 aliphatic rings. The summed E-state index contributed by atoms with van der Waals surface area (Å²) < 4.78 is 16.4. The Labute approximate surface area is 150 Å². The zero-order valence-electron chi connectivity index (χ0n) is 14.5. The molecular formula is C16H23N3O7. The summed E-state index contributed by atoms with van der Waals surface area (Å²) in [4.78, 5) is 21.9. The molecule has 0 radical (unpaired) electrons. The van der Waals surface area contributed by atoms with Crippen molar-refractivity contribution >= 4 is 6.03 Å². The van der Waals surface area contributed by atoms with Crippen molar-refractivity contribution in [1.29, 1.82) is 0 Å². The lowest BCUT2D eigenvalue weighted by Crippen LogP contribution is -2.47. The Morgan fingerprint density at radius 1 is 1.35 bits per heavy atom. The molecule has 144 valence electrons. The molecule has 1 unspecified atom stereocenters. The van der Waals surface area contributed by atoms with Crippen molar-refractivity contribution in [3.8, 4) is 0 Å². The fraction of sp³-hybridized carbons (Fsp3) is 0.562. The Balaban J connectivity index is 1.91. The van der Waals surface area contributed by atoms with Gasteiger partial charge in [-0.25, -0.2) is 4.79 Å². The molecule has 5 atom stereocenters. The number of aliphatic hydroxyl groups excluding tert-OH is 2. The molecule has 26 heavy (non-hydrogen) atoms. The lowest BCUT2D eigenvalue weighted by molar-refractivity contribution is -0.185. The topological polar surface area (TPSA) is 130 Å². The summed E-state index contributed by atoms with van der Waals surface area (Å²) in [6.45, 7) is 0.140. The van der Waals surface area contributed by atoms with Crippen molar-refractivity contribution < 1.29 is 29.2 Å². The van der Waals surface area contributed by atoms with Gasteiger partial charge in [-0.1, -0.05) is 30.3 Å². The van der Waals surface area contributed by atoms with Crippen molar-refractivity contribution in [3.05, 3.63) is 40.8 Å². The van der Waals surface area contributed by atoms with E-state index in [4.69, 9.17) is 14.2 Å². The Hall–Kier alpha value is -2.11. The molecule has 0 saturated carbocycles. The van der Waals surface area contributed by atoms with Crippen molar-refractivity contribution in [3.63, 3.8) is 0 Å².